The number of benzene rings is 3. The fourth-order valence-electron chi connectivity index (χ4n) is 2.56. The molecule has 0 saturated heterocycles. The molecular weight excluding hydrogens is 336 g/mol. The highest BCUT2D eigenvalue weighted by atomic mass is 32.2. The minimum Gasteiger partial charge on any atom is -0.508 e. The zero-order valence-corrected chi connectivity index (χ0v) is 15.2. The van der Waals surface area contributed by atoms with E-state index in [1.165, 1.54) is 0 Å². The van der Waals surface area contributed by atoms with Gasteiger partial charge in [0.15, 0.2) is 0 Å². The quantitative estimate of drug-likeness (QED) is 0.696. The Hall–Kier alpha value is -2.53. The van der Waals surface area contributed by atoms with Gasteiger partial charge in [-0.3, -0.25) is 0 Å². The normalized spacial score (nSPS) is 12.3. The summed E-state index contributed by atoms with van der Waals surface area (Å²) in [4.78, 5) is 0.108. The van der Waals surface area contributed by atoms with Crippen molar-refractivity contribution >= 4 is 20.9 Å². The van der Waals surface area contributed by atoms with Crippen molar-refractivity contribution in [1.29, 1.82) is 0 Å². The maximum atomic E-state index is 12.5. The highest BCUT2D eigenvalue weighted by Crippen LogP contribution is 2.28. The molecule has 3 rings (SSSR count). The second-order valence-electron chi connectivity index (χ2n) is 7.01. The van der Waals surface area contributed by atoms with Gasteiger partial charge in [0, 0.05) is 0 Å². The van der Waals surface area contributed by atoms with E-state index in [1.54, 1.807) is 60.7 Å². The summed E-state index contributed by atoms with van der Waals surface area (Å²) >= 11 is 0. The molecule has 3 aromatic rings. The van der Waals surface area contributed by atoms with Gasteiger partial charge in [-0.2, -0.15) is 8.42 Å². The molecular formula is C20H20O4S. The van der Waals surface area contributed by atoms with Gasteiger partial charge < -0.3 is 9.29 Å². The highest BCUT2D eigenvalue weighted by Gasteiger charge is 2.19. The van der Waals surface area contributed by atoms with Crippen molar-refractivity contribution in [3.8, 4) is 11.5 Å². The van der Waals surface area contributed by atoms with E-state index >= 15 is 0 Å². The summed E-state index contributed by atoms with van der Waals surface area (Å²) in [5.41, 5.74) is 0.997. The molecule has 0 unspecified atom stereocenters. The lowest BCUT2D eigenvalue weighted by molar-refractivity contribution is 0.476. The molecule has 0 aliphatic heterocycles. The molecule has 0 amide bonds. The van der Waals surface area contributed by atoms with E-state index in [2.05, 4.69) is 20.8 Å². The molecule has 0 bridgehead atoms. The van der Waals surface area contributed by atoms with E-state index in [0.717, 1.165) is 10.9 Å². The largest absolute Gasteiger partial charge is 0.508 e. The van der Waals surface area contributed by atoms with Crippen LogP contribution in [0.25, 0.3) is 10.8 Å². The van der Waals surface area contributed by atoms with Gasteiger partial charge in [0.2, 0.25) is 0 Å². The molecule has 0 radical (unpaired) electrons. The summed E-state index contributed by atoms with van der Waals surface area (Å²) < 4.78 is 30.2. The molecule has 25 heavy (non-hydrogen) atoms. The molecule has 0 aliphatic rings. The van der Waals surface area contributed by atoms with Crippen LogP contribution in [0, 0.1) is 0 Å². The minimum atomic E-state index is -3.92. The van der Waals surface area contributed by atoms with Gasteiger partial charge in [-0.15, -0.1) is 0 Å². The van der Waals surface area contributed by atoms with E-state index in [-0.39, 0.29) is 21.8 Å². The van der Waals surface area contributed by atoms with E-state index in [9.17, 15) is 13.5 Å². The van der Waals surface area contributed by atoms with E-state index < -0.39 is 10.1 Å². The van der Waals surface area contributed by atoms with Crippen LogP contribution in [0.4, 0.5) is 0 Å². The molecule has 4 nitrogen and oxygen atoms in total. The predicted octanol–water partition coefficient (Wildman–Crippen LogP) is 4.61. The molecule has 130 valence electrons. The molecule has 1 N–H and O–H groups in total. The topological polar surface area (TPSA) is 63.6 Å². The smallest absolute Gasteiger partial charge is 0.339 e. The summed E-state index contributed by atoms with van der Waals surface area (Å²) in [5.74, 6) is 0.322. The molecule has 3 aromatic carbocycles. The molecule has 0 aliphatic carbocycles. The third-order valence-corrected chi connectivity index (χ3v) is 5.27. The van der Waals surface area contributed by atoms with Crippen LogP contribution in [-0.2, 0) is 15.5 Å². The molecule has 0 heterocycles. The van der Waals surface area contributed by atoms with Crippen LogP contribution in [0.15, 0.2) is 65.6 Å². The van der Waals surface area contributed by atoms with Crippen molar-refractivity contribution in [2.75, 3.05) is 0 Å². The fourth-order valence-corrected chi connectivity index (χ4v) is 3.48. The minimum absolute atomic E-state index is 0.0521. The van der Waals surface area contributed by atoms with E-state index in [1.807, 2.05) is 0 Å². The Morgan fingerprint density at radius 1 is 0.840 bits per heavy atom. The number of fused-ring (bicyclic) bond motifs is 1. The maximum Gasteiger partial charge on any atom is 0.339 e. The van der Waals surface area contributed by atoms with Crippen molar-refractivity contribution < 1.29 is 17.7 Å². The van der Waals surface area contributed by atoms with Crippen molar-refractivity contribution in [1.82, 2.24) is 0 Å². The number of aromatic hydroxyl groups is 1. The number of hydrogen-bond donors (Lipinski definition) is 1. The molecule has 0 atom stereocenters. The van der Waals surface area contributed by atoms with Crippen LogP contribution in [-0.4, -0.2) is 13.5 Å². The molecule has 0 aromatic heterocycles. The van der Waals surface area contributed by atoms with E-state index in [0.29, 0.717) is 5.39 Å². The van der Waals surface area contributed by atoms with Crippen LogP contribution >= 0.6 is 0 Å². The molecule has 0 saturated carbocycles. The lowest BCUT2D eigenvalue weighted by atomic mass is 9.87. The Labute approximate surface area is 147 Å². The number of phenolic OH excluding ortho intramolecular Hbond substituents is 1. The first kappa shape index (κ1) is 17.3. The Balaban J connectivity index is 1.91. The summed E-state index contributed by atoms with van der Waals surface area (Å²) in [7, 11) is -3.92. The van der Waals surface area contributed by atoms with Crippen molar-refractivity contribution in [3.63, 3.8) is 0 Å². The van der Waals surface area contributed by atoms with Gasteiger partial charge in [-0.1, -0.05) is 45.0 Å². The van der Waals surface area contributed by atoms with E-state index in [4.69, 9.17) is 4.18 Å². The van der Waals surface area contributed by atoms with Crippen molar-refractivity contribution in [2.24, 2.45) is 0 Å². The summed E-state index contributed by atoms with van der Waals surface area (Å²) in [6.45, 7) is 6.20. The molecule has 5 heteroatoms. The first-order valence-electron chi connectivity index (χ1n) is 7.93. The van der Waals surface area contributed by atoms with Gasteiger partial charge in [-0.05, 0) is 58.1 Å². The second kappa shape index (κ2) is 6.08. The first-order valence-corrected chi connectivity index (χ1v) is 9.34. The molecule has 0 fully saturated rings. The van der Waals surface area contributed by atoms with Gasteiger partial charge in [0.25, 0.3) is 0 Å². The fraction of sp³-hybridized carbons (Fsp3) is 0.200. The first-order chi connectivity index (χ1) is 11.6. The lowest BCUT2D eigenvalue weighted by Crippen LogP contribution is -2.13. The van der Waals surface area contributed by atoms with Gasteiger partial charge in [0.05, 0.1) is 0 Å². The number of hydrogen-bond acceptors (Lipinski definition) is 4. The molecule has 0 spiro atoms. The summed E-state index contributed by atoms with van der Waals surface area (Å²) in [6.07, 6.45) is 0. The Kier molecular flexibility index (Phi) is 4.21. The van der Waals surface area contributed by atoms with Crippen LogP contribution in [0.5, 0.6) is 11.5 Å². The standard InChI is InChI=1S/C20H20O4S/c1-20(2,3)16-6-10-19(11-7-16)25(22,23)24-18-9-5-14-4-8-17(21)12-15(14)13-18/h4-13,21H,1-3H3. The Morgan fingerprint density at radius 3 is 2.12 bits per heavy atom. The average molecular weight is 356 g/mol. The third kappa shape index (κ3) is 3.77. The Bertz CT molecular complexity index is 1010. The number of phenols is 1. The summed E-state index contributed by atoms with van der Waals surface area (Å²) in [5, 5.41) is 11.2. The Morgan fingerprint density at radius 2 is 1.48 bits per heavy atom. The highest BCUT2D eigenvalue weighted by molar-refractivity contribution is 7.87. The number of rotatable bonds is 3. The second-order valence-corrected chi connectivity index (χ2v) is 8.55. The monoisotopic (exact) mass is 356 g/mol. The van der Waals surface area contributed by atoms with Crippen LogP contribution in [0.2, 0.25) is 0 Å². The summed E-state index contributed by atoms with van der Waals surface area (Å²) in [6, 6.07) is 16.6. The van der Waals surface area contributed by atoms with Gasteiger partial charge >= 0.3 is 10.1 Å². The predicted molar refractivity (Wildman–Crippen MR) is 98.6 cm³/mol. The van der Waals surface area contributed by atoms with Crippen LogP contribution in [0.1, 0.15) is 26.3 Å². The lowest BCUT2D eigenvalue weighted by Gasteiger charge is -2.19. The van der Waals surface area contributed by atoms with Crippen LogP contribution in [0.3, 0.4) is 0 Å². The van der Waals surface area contributed by atoms with Gasteiger partial charge in [0.1, 0.15) is 16.4 Å². The zero-order chi connectivity index (χ0) is 18.2. The maximum absolute atomic E-state index is 12.5. The zero-order valence-electron chi connectivity index (χ0n) is 14.4. The van der Waals surface area contributed by atoms with Crippen molar-refractivity contribution in [2.45, 2.75) is 31.1 Å². The van der Waals surface area contributed by atoms with Gasteiger partial charge in [-0.25, -0.2) is 0 Å². The third-order valence-electron chi connectivity index (χ3n) is 4.01. The SMILES string of the molecule is CC(C)(C)c1ccc(S(=O)(=O)Oc2ccc3ccc(O)cc3c2)cc1. The average Bonchev–Trinajstić information content (AvgIpc) is 2.53. The van der Waals surface area contributed by atoms with Crippen LogP contribution < -0.4 is 4.18 Å². The van der Waals surface area contributed by atoms with Crippen molar-refractivity contribution in [3.05, 3.63) is 66.2 Å².